The van der Waals surface area contributed by atoms with E-state index in [0.29, 0.717) is 12.5 Å². The van der Waals surface area contributed by atoms with Crippen molar-refractivity contribution >= 4 is 5.96 Å². The molecule has 1 atom stereocenters. The van der Waals surface area contributed by atoms with Crippen molar-refractivity contribution in [3.05, 3.63) is 47.3 Å². The van der Waals surface area contributed by atoms with Crippen LogP contribution in [0.3, 0.4) is 0 Å². The van der Waals surface area contributed by atoms with E-state index in [0.717, 1.165) is 43.3 Å². The van der Waals surface area contributed by atoms with Crippen LogP contribution in [0.5, 0.6) is 5.75 Å². The molecule has 0 amide bonds. The number of methoxy groups -OCH3 is 1. The Hall–Kier alpha value is -2.50. The van der Waals surface area contributed by atoms with Crippen LogP contribution in [0.25, 0.3) is 0 Å². The van der Waals surface area contributed by atoms with Crippen LogP contribution >= 0.6 is 0 Å². The third kappa shape index (κ3) is 4.18. The fraction of sp³-hybridized carbons (Fsp3) is 0.500. The van der Waals surface area contributed by atoms with Crippen LogP contribution in [0.15, 0.2) is 35.6 Å². The van der Waals surface area contributed by atoms with E-state index in [-0.39, 0.29) is 0 Å². The first-order valence-corrected chi connectivity index (χ1v) is 9.26. The van der Waals surface area contributed by atoms with Crippen LogP contribution in [0, 0.1) is 6.92 Å². The quantitative estimate of drug-likeness (QED) is 0.662. The van der Waals surface area contributed by atoms with Crippen molar-refractivity contribution in [3.63, 3.8) is 0 Å². The van der Waals surface area contributed by atoms with E-state index < -0.39 is 0 Å². The zero-order chi connectivity index (χ0) is 18.5. The van der Waals surface area contributed by atoms with Gasteiger partial charge in [-0.05, 0) is 43.0 Å². The molecular formula is C20H29N5O. The molecule has 1 aromatic heterocycles. The van der Waals surface area contributed by atoms with E-state index in [1.807, 2.05) is 24.0 Å². The van der Waals surface area contributed by atoms with Crippen LogP contribution in [0.1, 0.15) is 36.0 Å². The number of hydrogen-bond donors (Lipinski definition) is 1. The zero-order valence-electron chi connectivity index (χ0n) is 16.2. The van der Waals surface area contributed by atoms with E-state index >= 15 is 0 Å². The molecule has 6 heteroatoms. The maximum atomic E-state index is 5.34. The highest BCUT2D eigenvalue weighted by Gasteiger charge is 2.26. The summed E-state index contributed by atoms with van der Waals surface area (Å²) in [6, 6.07) is 6.25. The minimum atomic E-state index is 0.524. The van der Waals surface area contributed by atoms with Gasteiger partial charge in [-0.3, -0.25) is 4.68 Å². The molecule has 0 bridgehead atoms. The van der Waals surface area contributed by atoms with Crippen molar-refractivity contribution in [2.75, 3.05) is 26.7 Å². The summed E-state index contributed by atoms with van der Waals surface area (Å²) < 4.78 is 7.22. The summed E-state index contributed by atoms with van der Waals surface area (Å²) in [4.78, 5) is 7.22. The summed E-state index contributed by atoms with van der Waals surface area (Å²) in [6.45, 7) is 7.72. The number of aryl methyl sites for hydroxylation is 2. The Morgan fingerprint density at radius 2 is 2.27 bits per heavy atom. The van der Waals surface area contributed by atoms with E-state index in [9.17, 15) is 0 Å². The predicted octanol–water partition coefficient (Wildman–Crippen LogP) is 2.69. The van der Waals surface area contributed by atoms with Crippen molar-refractivity contribution in [1.82, 2.24) is 20.0 Å². The minimum absolute atomic E-state index is 0.524. The number of aliphatic imine (C=N–C) groups is 1. The molecule has 1 aromatic carbocycles. The Balaban J connectivity index is 1.68. The van der Waals surface area contributed by atoms with Gasteiger partial charge in [-0.25, -0.2) is 4.99 Å². The lowest BCUT2D eigenvalue weighted by Crippen LogP contribution is -2.40. The van der Waals surface area contributed by atoms with Gasteiger partial charge in [-0.2, -0.15) is 5.10 Å². The van der Waals surface area contributed by atoms with E-state index in [2.05, 4.69) is 47.5 Å². The van der Waals surface area contributed by atoms with Gasteiger partial charge in [-0.1, -0.05) is 12.1 Å². The lowest BCUT2D eigenvalue weighted by Gasteiger charge is -2.21. The first-order chi connectivity index (χ1) is 12.6. The van der Waals surface area contributed by atoms with Crippen molar-refractivity contribution < 1.29 is 4.74 Å². The Labute approximate surface area is 155 Å². The number of ether oxygens (including phenoxy) is 1. The summed E-state index contributed by atoms with van der Waals surface area (Å²) in [6.07, 6.45) is 5.24. The molecule has 1 unspecified atom stereocenters. The van der Waals surface area contributed by atoms with Crippen molar-refractivity contribution in [3.8, 4) is 5.75 Å². The van der Waals surface area contributed by atoms with Crippen LogP contribution in [0.4, 0.5) is 0 Å². The zero-order valence-corrected chi connectivity index (χ0v) is 16.2. The summed E-state index contributed by atoms with van der Waals surface area (Å²) in [7, 11) is 3.67. The molecule has 0 radical (unpaired) electrons. The molecule has 1 saturated heterocycles. The Morgan fingerprint density at radius 3 is 2.92 bits per heavy atom. The number of nitrogens with zero attached hydrogens (tertiary/aromatic N) is 4. The van der Waals surface area contributed by atoms with Gasteiger partial charge in [0.2, 0.25) is 0 Å². The molecule has 2 aromatic rings. The van der Waals surface area contributed by atoms with Crippen molar-refractivity contribution in [2.45, 2.75) is 32.7 Å². The molecule has 1 fully saturated rings. The average molecular weight is 355 g/mol. The normalized spacial score (nSPS) is 17.6. The summed E-state index contributed by atoms with van der Waals surface area (Å²) in [5.74, 6) is 2.44. The molecular weight excluding hydrogens is 326 g/mol. The fourth-order valence-corrected chi connectivity index (χ4v) is 3.51. The smallest absolute Gasteiger partial charge is 0.194 e. The molecule has 1 aliphatic rings. The standard InChI is InChI=1S/C20H29N5O/c1-5-21-20(22-11-16-6-7-19(26-4)15(2)10-16)25-9-8-17(14-25)18-12-23-24(3)13-18/h6-7,10,12-13,17H,5,8-9,11,14H2,1-4H3,(H,21,22). The summed E-state index contributed by atoms with van der Waals surface area (Å²) >= 11 is 0. The molecule has 2 heterocycles. The van der Waals surface area contributed by atoms with Gasteiger partial charge in [0.25, 0.3) is 0 Å². The van der Waals surface area contributed by atoms with Crippen LogP contribution in [-0.2, 0) is 13.6 Å². The van der Waals surface area contributed by atoms with Gasteiger partial charge in [0.15, 0.2) is 5.96 Å². The number of aromatic nitrogens is 2. The van der Waals surface area contributed by atoms with Gasteiger partial charge < -0.3 is 15.0 Å². The number of nitrogens with one attached hydrogen (secondary N) is 1. The Bertz CT molecular complexity index is 767. The molecule has 0 aliphatic carbocycles. The first-order valence-electron chi connectivity index (χ1n) is 9.26. The Kier molecular flexibility index (Phi) is 5.81. The van der Waals surface area contributed by atoms with E-state index in [4.69, 9.17) is 9.73 Å². The van der Waals surface area contributed by atoms with Gasteiger partial charge in [0, 0.05) is 38.8 Å². The maximum absolute atomic E-state index is 5.34. The van der Waals surface area contributed by atoms with Crippen LogP contribution in [0.2, 0.25) is 0 Å². The SMILES string of the molecule is CCNC(=NCc1ccc(OC)c(C)c1)N1CCC(c2cnn(C)c2)C1. The topological polar surface area (TPSA) is 54.7 Å². The fourth-order valence-electron chi connectivity index (χ4n) is 3.51. The van der Waals surface area contributed by atoms with E-state index in [1.54, 1.807) is 7.11 Å². The van der Waals surface area contributed by atoms with Crippen molar-refractivity contribution in [1.29, 1.82) is 0 Å². The molecule has 1 N–H and O–H groups in total. The van der Waals surface area contributed by atoms with Gasteiger partial charge in [0.1, 0.15) is 5.75 Å². The van der Waals surface area contributed by atoms with Gasteiger partial charge >= 0.3 is 0 Å². The second kappa shape index (κ2) is 8.25. The second-order valence-electron chi connectivity index (χ2n) is 6.85. The average Bonchev–Trinajstić information content (AvgIpc) is 3.27. The largest absolute Gasteiger partial charge is 0.496 e. The third-order valence-electron chi connectivity index (χ3n) is 4.89. The highest BCUT2D eigenvalue weighted by atomic mass is 16.5. The number of likely N-dealkylation sites (tertiary alicyclic amines) is 1. The molecule has 26 heavy (non-hydrogen) atoms. The van der Waals surface area contributed by atoms with Crippen LogP contribution in [-0.4, -0.2) is 47.4 Å². The van der Waals surface area contributed by atoms with E-state index in [1.165, 1.54) is 11.1 Å². The monoisotopic (exact) mass is 355 g/mol. The van der Waals surface area contributed by atoms with Gasteiger partial charge in [-0.15, -0.1) is 0 Å². The molecule has 1 aliphatic heterocycles. The number of benzene rings is 1. The third-order valence-corrected chi connectivity index (χ3v) is 4.89. The number of rotatable bonds is 5. The predicted molar refractivity (Wildman–Crippen MR) is 105 cm³/mol. The summed E-state index contributed by atoms with van der Waals surface area (Å²) in [5, 5.41) is 7.75. The molecule has 3 rings (SSSR count). The van der Waals surface area contributed by atoms with Crippen LogP contribution < -0.4 is 10.1 Å². The number of hydrogen-bond acceptors (Lipinski definition) is 3. The minimum Gasteiger partial charge on any atom is -0.496 e. The lowest BCUT2D eigenvalue weighted by molar-refractivity contribution is 0.411. The molecule has 6 nitrogen and oxygen atoms in total. The highest BCUT2D eigenvalue weighted by molar-refractivity contribution is 5.80. The maximum Gasteiger partial charge on any atom is 0.194 e. The second-order valence-corrected chi connectivity index (χ2v) is 6.85. The van der Waals surface area contributed by atoms with Gasteiger partial charge in [0.05, 0.1) is 19.9 Å². The molecule has 0 spiro atoms. The Morgan fingerprint density at radius 1 is 1.42 bits per heavy atom. The van der Waals surface area contributed by atoms with Crippen molar-refractivity contribution in [2.24, 2.45) is 12.0 Å². The lowest BCUT2D eigenvalue weighted by atomic mass is 10.0. The highest BCUT2D eigenvalue weighted by Crippen LogP contribution is 2.27. The molecule has 140 valence electrons. The number of guanidine groups is 1. The first kappa shape index (κ1) is 18.3. The summed E-state index contributed by atoms with van der Waals surface area (Å²) in [5.41, 5.74) is 3.65. The molecule has 0 saturated carbocycles.